The SMILES string of the molecule is CCOC(=O)CC(B1OC(C)(C)C(C)(C)O1)c1nccn1C. The molecule has 0 aromatic carbocycles. The molecule has 1 aromatic heterocycles. The van der Waals surface area contributed by atoms with Gasteiger partial charge in [-0.2, -0.15) is 0 Å². The first-order valence-electron chi connectivity index (χ1n) is 7.66. The van der Waals surface area contributed by atoms with Crippen LogP contribution in [0.4, 0.5) is 0 Å². The van der Waals surface area contributed by atoms with Gasteiger partial charge in [0, 0.05) is 19.4 Å². The van der Waals surface area contributed by atoms with Crippen LogP contribution >= 0.6 is 0 Å². The second-order valence-electron chi connectivity index (χ2n) is 6.64. The first kappa shape index (κ1) is 17.0. The van der Waals surface area contributed by atoms with Gasteiger partial charge in [-0.3, -0.25) is 4.79 Å². The van der Waals surface area contributed by atoms with Crippen molar-refractivity contribution in [2.24, 2.45) is 7.05 Å². The summed E-state index contributed by atoms with van der Waals surface area (Å²) in [4.78, 5) is 16.3. The lowest BCUT2D eigenvalue weighted by Gasteiger charge is -2.32. The van der Waals surface area contributed by atoms with Crippen molar-refractivity contribution in [1.82, 2.24) is 9.55 Å². The van der Waals surface area contributed by atoms with Crippen molar-refractivity contribution in [2.75, 3.05) is 6.61 Å². The fourth-order valence-corrected chi connectivity index (χ4v) is 2.50. The van der Waals surface area contributed by atoms with E-state index < -0.39 is 18.3 Å². The molecular weight excluding hydrogens is 283 g/mol. The van der Waals surface area contributed by atoms with E-state index in [1.165, 1.54) is 0 Å². The van der Waals surface area contributed by atoms with Crippen LogP contribution in [0.5, 0.6) is 0 Å². The number of ether oxygens (including phenoxy) is 1. The van der Waals surface area contributed by atoms with E-state index >= 15 is 0 Å². The molecule has 0 bridgehead atoms. The van der Waals surface area contributed by atoms with Crippen LogP contribution in [-0.4, -0.2) is 40.4 Å². The molecule has 22 heavy (non-hydrogen) atoms. The minimum atomic E-state index is -0.532. The highest BCUT2D eigenvalue weighted by Gasteiger charge is 2.55. The van der Waals surface area contributed by atoms with E-state index in [1.54, 1.807) is 13.1 Å². The molecule has 1 aromatic rings. The Balaban J connectivity index is 2.26. The molecule has 7 heteroatoms. The van der Waals surface area contributed by atoms with Crippen LogP contribution < -0.4 is 0 Å². The molecule has 1 aliphatic rings. The second kappa shape index (κ2) is 6.04. The normalized spacial score (nSPS) is 20.9. The minimum Gasteiger partial charge on any atom is -0.466 e. The maximum Gasteiger partial charge on any atom is 0.469 e. The molecule has 0 spiro atoms. The lowest BCUT2D eigenvalue weighted by Crippen LogP contribution is -2.41. The molecule has 0 amide bonds. The third-order valence-electron chi connectivity index (χ3n) is 4.48. The molecule has 0 N–H and O–H groups in total. The summed E-state index contributed by atoms with van der Waals surface area (Å²) >= 11 is 0. The zero-order chi connectivity index (χ0) is 16.5. The summed E-state index contributed by atoms with van der Waals surface area (Å²) in [6.07, 6.45) is 3.73. The molecule has 0 radical (unpaired) electrons. The number of rotatable bonds is 5. The lowest BCUT2D eigenvalue weighted by atomic mass is 9.69. The Morgan fingerprint density at radius 3 is 2.41 bits per heavy atom. The van der Waals surface area contributed by atoms with Gasteiger partial charge >= 0.3 is 13.1 Å². The van der Waals surface area contributed by atoms with E-state index in [0.29, 0.717) is 6.61 Å². The van der Waals surface area contributed by atoms with E-state index in [0.717, 1.165) is 5.82 Å². The van der Waals surface area contributed by atoms with Gasteiger partial charge in [0.1, 0.15) is 5.82 Å². The van der Waals surface area contributed by atoms with Gasteiger partial charge in [0.05, 0.1) is 30.0 Å². The van der Waals surface area contributed by atoms with Crippen LogP contribution in [0.15, 0.2) is 12.4 Å². The van der Waals surface area contributed by atoms with Crippen molar-refractivity contribution < 1.29 is 18.8 Å². The Hall–Kier alpha value is -1.34. The van der Waals surface area contributed by atoms with Crippen LogP contribution in [0.25, 0.3) is 0 Å². The fraction of sp³-hybridized carbons (Fsp3) is 0.733. The molecule has 1 fully saturated rings. The van der Waals surface area contributed by atoms with Crippen molar-refractivity contribution in [3.63, 3.8) is 0 Å². The molecule has 6 nitrogen and oxygen atoms in total. The van der Waals surface area contributed by atoms with Crippen LogP contribution in [0.2, 0.25) is 0 Å². The summed E-state index contributed by atoms with van der Waals surface area (Å²) in [6, 6.07) is 0. The Morgan fingerprint density at radius 1 is 1.36 bits per heavy atom. The van der Waals surface area contributed by atoms with Gasteiger partial charge in [0.15, 0.2) is 0 Å². The molecule has 0 aliphatic carbocycles. The number of hydrogen-bond acceptors (Lipinski definition) is 5. The third-order valence-corrected chi connectivity index (χ3v) is 4.48. The Morgan fingerprint density at radius 2 is 1.95 bits per heavy atom. The number of carbonyl (C=O) groups excluding carboxylic acids is 1. The average molecular weight is 308 g/mol. The zero-order valence-corrected chi connectivity index (χ0v) is 14.3. The Kier molecular flexibility index (Phi) is 4.68. The van der Waals surface area contributed by atoms with E-state index in [1.807, 2.05) is 45.5 Å². The highest BCUT2D eigenvalue weighted by molar-refractivity contribution is 6.47. The van der Waals surface area contributed by atoms with Gasteiger partial charge in [-0.25, -0.2) is 4.98 Å². The van der Waals surface area contributed by atoms with Crippen molar-refractivity contribution in [3.8, 4) is 0 Å². The van der Waals surface area contributed by atoms with Gasteiger partial charge < -0.3 is 18.6 Å². The third kappa shape index (κ3) is 3.20. The van der Waals surface area contributed by atoms with Gasteiger partial charge in [-0.1, -0.05) is 0 Å². The first-order chi connectivity index (χ1) is 10.2. The van der Waals surface area contributed by atoms with Gasteiger partial charge in [-0.05, 0) is 34.6 Å². The van der Waals surface area contributed by atoms with E-state index in [2.05, 4.69) is 4.98 Å². The molecule has 2 rings (SSSR count). The van der Waals surface area contributed by atoms with Gasteiger partial charge in [0.25, 0.3) is 0 Å². The van der Waals surface area contributed by atoms with Crippen molar-refractivity contribution in [2.45, 2.75) is 58.1 Å². The van der Waals surface area contributed by atoms with Crippen molar-refractivity contribution in [1.29, 1.82) is 0 Å². The van der Waals surface area contributed by atoms with Crippen LogP contribution in [-0.2, 0) is 25.9 Å². The molecule has 1 unspecified atom stereocenters. The highest BCUT2D eigenvalue weighted by atomic mass is 16.7. The summed E-state index contributed by atoms with van der Waals surface area (Å²) in [5.74, 6) is 0.178. The Labute approximate surface area is 132 Å². The Bertz CT molecular complexity index is 525. The lowest BCUT2D eigenvalue weighted by molar-refractivity contribution is -0.143. The average Bonchev–Trinajstić information content (AvgIpc) is 2.89. The molecule has 1 atom stereocenters. The molecular formula is C15H25BN2O4. The number of esters is 1. The van der Waals surface area contributed by atoms with Crippen LogP contribution in [0, 0.1) is 0 Å². The number of nitrogens with zero attached hydrogens (tertiary/aromatic N) is 2. The van der Waals surface area contributed by atoms with Gasteiger partial charge in [-0.15, -0.1) is 0 Å². The number of hydrogen-bond donors (Lipinski definition) is 0. The van der Waals surface area contributed by atoms with E-state index in [4.69, 9.17) is 14.0 Å². The van der Waals surface area contributed by atoms with Crippen molar-refractivity contribution >= 4 is 13.1 Å². The van der Waals surface area contributed by atoms with Gasteiger partial charge in [0.2, 0.25) is 0 Å². The largest absolute Gasteiger partial charge is 0.469 e. The first-order valence-corrected chi connectivity index (χ1v) is 7.66. The molecule has 0 saturated carbocycles. The smallest absolute Gasteiger partial charge is 0.466 e. The highest BCUT2D eigenvalue weighted by Crippen LogP contribution is 2.41. The zero-order valence-electron chi connectivity index (χ0n) is 14.3. The molecule has 1 aliphatic heterocycles. The molecule has 122 valence electrons. The summed E-state index contributed by atoms with van der Waals surface area (Å²) in [6.45, 7) is 10.1. The summed E-state index contributed by atoms with van der Waals surface area (Å²) in [5.41, 5.74) is -0.897. The number of aryl methyl sites for hydroxylation is 1. The number of aromatic nitrogens is 2. The maximum atomic E-state index is 12.0. The quantitative estimate of drug-likeness (QED) is 0.615. The van der Waals surface area contributed by atoms with E-state index in [9.17, 15) is 4.79 Å². The predicted octanol–water partition coefficient (Wildman–Crippen LogP) is 2.09. The van der Waals surface area contributed by atoms with Crippen molar-refractivity contribution in [3.05, 3.63) is 18.2 Å². The topological polar surface area (TPSA) is 62.6 Å². The second-order valence-corrected chi connectivity index (χ2v) is 6.64. The maximum absolute atomic E-state index is 12.0. The summed E-state index contributed by atoms with van der Waals surface area (Å²) in [7, 11) is 1.36. The monoisotopic (exact) mass is 308 g/mol. The fourth-order valence-electron chi connectivity index (χ4n) is 2.50. The predicted molar refractivity (Wildman–Crippen MR) is 83.3 cm³/mol. The summed E-state index contributed by atoms with van der Waals surface area (Å²) in [5, 5.41) is 0. The van der Waals surface area contributed by atoms with Crippen LogP contribution in [0.1, 0.15) is 52.7 Å². The van der Waals surface area contributed by atoms with Crippen LogP contribution in [0.3, 0.4) is 0 Å². The minimum absolute atomic E-state index is 0.176. The molecule has 1 saturated heterocycles. The summed E-state index contributed by atoms with van der Waals surface area (Å²) < 4.78 is 19.2. The molecule has 2 heterocycles. The number of imidazole rings is 1. The standard InChI is InChI=1S/C15H25BN2O4/c1-7-20-12(19)10-11(13-17-8-9-18(13)6)16-21-14(2,3)15(4,5)22-16/h8-9,11H,7,10H2,1-6H3. The number of carbonyl (C=O) groups is 1. The van der Waals surface area contributed by atoms with E-state index in [-0.39, 0.29) is 18.2 Å².